The average Bonchev–Trinajstić information content (AvgIpc) is 2.52. The number of likely N-dealkylation sites (tertiary alicyclic amines) is 1. The highest BCUT2D eigenvalue weighted by atomic mass is 15.2. The molecule has 1 aromatic heterocycles. The number of hydrogen-bond acceptors (Lipinski definition) is 4. The largest absolute Gasteiger partial charge is 0.326 e. The number of nitrogens with two attached hydrogens (primary N) is 1. The molecule has 0 bridgehead atoms. The van der Waals surface area contributed by atoms with Crippen LogP contribution >= 0.6 is 0 Å². The summed E-state index contributed by atoms with van der Waals surface area (Å²) < 4.78 is 0. The van der Waals surface area contributed by atoms with Crippen molar-refractivity contribution in [2.24, 2.45) is 5.73 Å². The summed E-state index contributed by atoms with van der Waals surface area (Å²) in [7, 11) is 0. The third-order valence-corrected chi connectivity index (χ3v) is 2.91. The monoisotopic (exact) mass is 192 g/mol. The van der Waals surface area contributed by atoms with Crippen molar-refractivity contribution in [3.05, 3.63) is 24.3 Å². The Labute approximate surface area is 84.2 Å². The zero-order valence-electron chi connectivity index (χ0n) is 8.43. The predicted octanol–water partition coefficient (Wildman–Crippen LogP) is 0.398. The number of rotatable bonds is 2. The number of aromatic nitrogens is 2. The highest BCUT2D eigenvalue weighted by molar-refractivity contribution is 4.93. The molecule has 4 heteroatoms. The lowest BCUT2D eigenvalue weighted by molar-refractivity contribution is 0.245. The van der Waals surface area contributed by atoms with Gasteiger partial charge in [0.05, 0.1) is 6.54 Å². The molecule has 14 heavy (non-hydrogen) atoms. The Hall–Kier alpha value is -1.00. The minimum absolute atomic E-state index is 0.304. The van der Waals surface area contributed by atoms with Gasteiger partial charge in [0.2, 0.25) is 0 Å². The van der Waals surface area contributed by atoms with Gasteiger partial charge in [-0.25, -0.2) is 9.97 Å². The molecule has 0 amide bonds. The molecule has 1 aliphatic rings. The third-order valence-electron chi connectivity index (χ3n) is 2.91. The van der Waals surface area contributed by atoms with Gasteiger partial charge >= 0.3 is 0 Å². The summed E-state index contributed by atoms with van der Waals surface area (Å²) >= 11 is 0. The van der Waals surface area contributed by atoms with Crippen molar-refractivity contribution in [2.45, 2.75) is 32.0 Å². The maximum absolute atomic E-state index is 5.94. The molecule has 0 radical (unpaired) electrons. The van der Waals surface area contributed by atoms with Crippen molar-refractivity contribution in [2.75, 3.05) is 6.54 Å². The van der Waals surface area contributed by atoms with Crippen molar-refractivity contribution in [3.63, 3.8) is 0 Å². The summed E-state index contributed by atoms with van der Waals surface area (Å²) in [6.07, 6.45) is 4.64. The highest BCUT2D eigenvalue weighted by Crippen LogP contribution is 2.17. The zero-order valence-corrected chi connectivity index (χ0v) is 8.43. The lowest BCUT2D eigenvalue weighted by atomic mass is 10.2. The molecule has 4 nitrogen and oxygen atoms in total. The smallest absolute Gasteiger partial charge is 0.142 e. The first kappa shape index (κ1) is 9.55. The van der Waals surface area contributed by atoms with E-state index in [0.29, 0.717) is 12.1 Å². The van der Waals surface area contributed by atoms with Gasteiger partial charge in [-0.15, -0.1) is 0 Å². The van der Waals surface area contributed by atoms with Gasteiger partial charge in [0.15, 0.2) is 0 Å². The third kappa shape index (κ3) is 1.91. The van der Waals surface area contributed by atoms with Crippen LogP contribution in [0, 0.1) is 0 Å². The number of hydrogen-bond donors (Lipinski definition) is 1. The van der Waals surface area contributed by atoms with Gasteiger partial charge in [-0.3, -0.25) is 4.90 Å². The van der Waals surface area contributed by atoms with Crippen molar-refractivity contribution in [1.82, 2.24) is 14.9 Å². The van der Waals surface area contributed by atoms with E-state index in [4.69, 9.17) is 5.73 Å². The molecule has 1 saturated heterocycles. The van der Waals surface area contributed by atoms with Crippen LogP contribution in [-0.2, 0) is 6.54 Å². The SMILES string of the molecule is CC1C(N)CCN1Cc1ncccn1. The van der Waals surface area contributed by atoms with E-state index in [0.717, 1.165) is 25.3 Å². The van der Waals surface area contributed by atoms with Crippen LogP contribution in [0.15, 0.2) is 18.5 Å². The highest BCUT2D eigenvalue weighted by Gasteiger charge is 2.27. The van der Waals surface area contributed by atoms with E-state index < -0.39 is 0 Å². The van der Waals surface area contributed by atoms with Gasteiger partial charge in [-0.2, -0.15) is 0 Å². The van der Waals surface area contributed by atoms with Crippen LogP contribution in [0.3, 0.4) is 0 Å². The summed E-state index contributed by atoms with van der Waals surface area (Å²) in [6.45, 7) is 4.04. The summed E-state index contributed by atoms with van der Waals surface area (Å²) in [5.41, 5.74) is 5.94. The van der Waals surface area contributed by atoms with Crippen molar-refractivity contribution in [1.29, 1.82) is 0 Å². The summed E-state index contributed by atoms with van der Waals surface area (Å²) in [4.78, 5) is 10.7. The van der Waals surface area contributed by atoms with E-state index in [1.807, 2.05) is 6.07 Å². The normalized spacial score (nSPS) is 28.1. The van der Waals surface area contributed by atoms with E-state index in [-0.39, 0.29) is 0 Å². The molecule has 2 rings (SSSR count). The minimum atomic E-state index is 0.304. The molecular weight excluding hydrogens is 176 g/mol. The molecule has 2 atom stereocenters. The molecule has 2 N–H and O–H groups in total. The van der Waals surface area contributed by atoms with E-state index in [1.165, 1.54) is 0 Å². The predicted molar refractivity (Wildman–Crippen MR) is 54.5 cm³/mol. The fourth-order valence-corrected chi connectivity index (χ4v) is 1.85. The molecule has 0 aliphatic carbocycles. The van der Waals surface area contributed by atoms with Crippen LogP contribution < -0.4 is 5.73 Å². The van der Waals surface area contributed by atoms with Gasteiger partial charge in [-0.05, 0) is 19.4 Å². The second-order valence-corrected chi connectivity index (χ2v) is 3.83. The van der Waals surface area contributed by atoms with Gasteiger partial charge < -0.3 is 5.73 Å². The Morgan fingerprint density at radius 1 is 1.50 bits per heavy atom. The number of nitrogens with zero attached hydrogens (tertiary/aromatic N) is 3. The Morgan fingerprint density at radius 2 is 2.21 bits per heavy atom. The standard InChI is InChI=1S/C10H16N4/c1-8-9(11)3-6-14(8)7-10-12-4-2-5-13-10/h2,4-5,8-9H,3,6-7,11H2,1H3. The average molecular weight is 192 g/mol. The van der Waals surface area contributed by atoms with Gasteiger partial charge in [0, 0.05) is 31.0 Å². The molecule has 0 spiro atoms. The van der Waals surface area contributed by atoms with E-state index in [1.54, 1.807) is 12.4 Å². The fraction of sp³-hybridized carbons (Fsp3) is 0.600. The molecule has 2 unspecified atom stereocenters. The van der Waals surface area contributed by atoms with Crippen LogP contribution in [0.25, 0.3) is 0 Å². The van der Waals surface area contributed by atoms with Crippen LogP contribution in [0.5, 0.6) is 0 Å². The van der Waals surface area contributed by atoms with Crippen molar-refractivity contribution in [3.8, 4) is 0 Å². The maximum Gasteiger partial charge on any atom is 0.142 e. The van der Waals surface area contributed by atoms with Crippen LogP contribution in [0.4, 0.5) is 0 Å². The quantitative estimate of drug-likeness (QED) is 0.737. The second-order valence-electron chi connectivity index (χ2n) is 3.83. The Kier molecular flexibility index (Phi) is 2.74. The summed E-state index contributed by atoms with van der Waals surface area (Å²) in [5, 5.41) is 0. The van der Waals surface area contributed by atoms with Gasteiger partial charge in [-0.1, -0.05) is 0 Å². The lowest BCUT2D eigenvalue weighted by Gasteiger charge is -2.21. The molecule has 76 valence electrons. The van der Waals surface area contributed by atoms with E-state index in [2.05, 4.69) is 21.8 Å². The molecular formula is C10H16N4. The Bertz CT molecular complexity index is 287. The van der Waals surface area contributed by atoms with Crippen LogP contribution in [-0.4, -0.2) is 33.5 Å². The molecule has 1 aliphatic heterocycles. The van der Waals surface area contributed by atoms with Crippen molar-refractivity contribution >= 4 is 0 Å². The van der Waals surface area contributed by atoms with Crippen LogP contribution in [0.2, 0.25) is 0 Å². The second kappa shape index (κ2) is 4.02. The van der Waals surface area contributed by atoms with E-state index in [9.17, 15) is 0 Å². The molecule has 1 aromatic rings. The zero-order chi connectivity index (χ0) is 9.97. The molecule has 0 aromatic carbocycles. The maximum atomic E-state index is 5.94. The first-order valence-electron chi connectivity index (χ1n) is 5.03. The summed E-state index contributed by atoms with van der Waals surface area (Å²) in [6, 6.07) is 2.58. The first-order chi connectivity index (χ1) is 6.77. The minimum Gasteiger partial charge on any atom is -0.326 e. The Morgan fingerprint density at radius 3 is 2.79 bits per heavy atom. The lowest BCUT2D eigenvalue weighted by Crippen LogP contribution is -2.36. The first-order valence-corrected chi connectivity index (χ1v) is 5.03. The molecule has 2 heterocycles. The van der Waals surface area contributed by atoms with Gasteiger partial charge in [0.25, 0.3) is 0 Å². The molecule has 1 fully saturated rings. The Balaban J connectivity index is 1.99. The van der Waals surface area contributed by atoms with Crippen molar-refractivity contribution < 1.29 is 0 Å². The molecule has 0 saturated carbocycles. The summed E-state index contributed by atoms with van der Waals surface area (Å²) in [5.74, 6) is 0.883. The van der Waals surface area contributed by atoms with Crippen LogP contribution in [0.1, 0.15) is 19.2 Å². The fourth-order valence-electron chi connectivity index (χ4n) is 1.85. The van der Waals surface area contributed by atoms with E-state index >= 15 is 0 Å². The topological polar surface area (TPSA) is 55.0 Å². The van der Waals surface area contributed by atoms with Gasteiger partial charge in [0.1, 0.15) is 5.82 Å².